The van der Waals surface area contributed by atoms with E-state index in [0.717, 1.165) is 11.1 Å². The van der Waals surface area contributed by atoms with Gasteiger partial charge in [0.25, 0.3) is 0 Å². The van der Waals surface area contributed by atoms with Crippen molar-refractivity contribution in [1.29, 1.82) is 5.26 Å². The molecule has 0 unspecified atom stereocenters. The molecular weight excluding hydrogens is 417 g/mol. The van der Waals surface area contributed by atoms with Crippen LogP contribution in [0.2, 0.25) is 5.02 Å². The third-order valence-electron chi connectivity index (χ3n) is 4.55. The Kier molecular flexibility index (Phi) is 6.16. The van der Waals surface area contributed by atoms with E-state index in [0.29, 0.717) is 35.4 Å². The molecule has 1 N–H and O–H groups in total. The normalized spacial score (nSPS) is 10.5. The first-order valence-corrected chi connectivity index (χ1v) is 9.86. The van der Waals surface area contributed by atoms with Gasteiger partial charge < -0.3 is 14.5 Å². The summed E-state index contributed by atoms with van der Waals surface area (Å²) in [5, 5.41) is 13.1. The summed E-state index contributed by atoms with van der Waals surface area (Å²) in [5.41, 5.74) is 2.60. The number of nitrogens with one attached hydrogen (secondary N) is 1. The summed E-state index contributed by atoms with van der Waals surface area (Å²) >= 11 is 6.15. The molecule has 0 aliphatic rings. The summed E-state index contributed by atoms with van der Waals surface area (Å²) in [7, 11) is 0. The molecule has 0 radical (unpaired) electrons. The molecule has 0 aliphatic carbocycles. The van der Waals surface area contributed by atoms with E-state index < -0.39 is 0 Å². The summed E-state index contributed by atoms with van der Waals surface area (Å²) in [4.78, 5) is 4.25. The van der Waals surface area contributed by atoms with E-state index >= 15 is 0 Å². The van der Waals surface area contributed by atoms with Crippen molar-refractivity contribution in [3.63, 3.8) is 0 Å². The smallest absolute Gasteiger partial charge is 0.232 e. The quantitative estimate of drug-likeness (QED) is 0.376. The van der Waals surface area contributed by atoms with Crippen LogP contribution in [0.15, 0.2) is 77.2 Å². The molecule has 0 atom stereocenters. The van der Waals surface area contributed by atoms with Gasteiger partial charge in [-0.25, -0.2) is 4.39 Å². The highest BCUT2D eigenvalue weighted by molar-refractivity contribution is 6.31. The number of nitrogens with zero attached hydrogens (tertiary/aromatic N) is 2. The van der Waals surface area contributed by atoms with Gasteiger partial charge in [-0.2, -0.15) is 10.2 Å². The fraction of sp³-hybridized carbons (Fsp3) is 0.0833. The van der Waals surface area contributed by atoms with Crippen molar-refractivity contribution >= 4 is 17.5 Å². The van der Waals surface area contributed by atoms with Crippen molar-refractivity contribution in [1.82, 2.24) is 4.98 Å². The average Bonchev–Trinajstić information content (AvgIpc) is 3.22. The van der Waals surface area contributed by atoms with Gasteiger partial charge in [-0.3, -0.25) is 0 Å². The summed E-state index contributed by atoms with van der Waals surface area (Å²) in [6.07, 6.45) is 0. The van der Waals surface area contributed by atoms with Crippen molar-refractivity contribution in [2.24, 2.45) is 0 Å². The van der Waals surface area contributed by atoms with Crippen LogP contribution in [0.5, 0.6) is 5.75 Å². The first-order valence-electron chi connectivity index (χ1n) is 9.48. The molecule has 4 aromatic rings. The molecule has 0 aliphatic heterocycles. The van der Waals surface area contributed by atoms with E-state index in [1.807, 2.05) is 30.3 Å². The minimum Gasteiger partial charge on any atom is -0.489 e. The van der Waals surface area contributed by atoms with Crippen molar-refractivity contribution in [2.75, 3.05) is 5.32 Å². The number of hydrogen-bond acceptors (Lipinski definition) is 5. The molecule has 0 fully saturated rings. The van der Waals surface area contributed by atoms with E-state index in [9.17, 15) is 9.65 Å². The lowest BCUT2D eigenvalue weighted by molar-refractivity contribution is 0.306. The zero-order valence-corrected chi connectivity index (χ0v) is 17.1. The zero-order chi connectivity index (χ0) is 21.6. The van der Waals surface area contributed by atoms with Gasteiger partial charge in [0.2, 0.25) is 17.5 Å². The maximum absolute atomic E-state index is 13.0. The van der Waals surface area contributed by atoms with Crippen LogP contribution in [-0.2, 0) is 13.2 Å². The fourth-order valence-electron chi connectivity index (χ4n) is 2.89. The number of aromatic nitrogens is 1. The van der Waals surface area contributed by atoms with E-state index in [4.69, 9.17) is 20.8 Å². The third kappa shape index (κ3) is 5.03. The van der Waals surface area contributed by atoms with Gasteiger partial charge in [0.1, 0.15) is 24.2 Å². The lowest BCUT2D eigenvalue weighted by Crippen LogP contribution is -1.99. The highest BCUT2D eigenvalue weighted by atomic mass is 35.5. The Morgan fingerprint density at radius 3 is 2.48 bits per heavy atom. The molecule has 0 spiro atoms. The number of nitriles is 1. The molecule has 0 bridgehead atoms. The van der Waals surface area contributed by atoms with Gasteiger partial charge in [0.15, 0.2) is 0 Å². The highest BCUT2D eigenvalue weighted by Crippen LogP contribution is 2.28. The monoisotopic (exact) mass is 433 g/mol. The molecule has 1 heterocycles. The molecule has 0 amide bonds. The molecule has 4 rings (SSSR count). The Morgan fingerprint density at radius 2 is 1.77 bits per heavy atom. The van der Waals surface area contributed by atoms with E-state index in [1.54, 1.807) is 36.4 Å². The molecule has 154 valence electrons. The standard InChI is InChI=1S/C24H17ClFN3O2/c25-21-4-2-1-3-18(21)15-30-20-11-7-17(8-12-20)23-29-22(13-27)24(31-23)28-14-16-5-9-19(26)10-6-16/h1-12,28H,14-15H2. The minimum absolute atomic E-state index is 0.149. The van der Waals surface area contributed by atoms with Crippen LogP contribution >= 0.6 is 11.6 Å². The summed E-state index contributed by atoms with van der Waals surface area (Å²) < 4.78 is 24.6. The predicted octanol–water partition coefficient (Wildman–Crippen LogP) is 6.20. The largest absolute Gasteiger partial charge is 0.489 e. The Bertz CT molecular complexity index is 1220. The molecular formula is C24H17ClFN3O2. The topological polar surface area (TPSA) is 71.1 Å². The van der Waals surface area contributed by atoms with Crippen LogP contribution in [0.25, 0.3) is 11.5 Å². The maximum atomic E-state index is 13.0. The number of hydrogen-bond donors (Lipinski definition) is 1. The predicted molar refractivity (Wildman–Crippen MR) is 116 cm³/mol. The lowest BCUT2D eigenvalue weighted by Gasteiger charge is -2.08. The average molecular weight is 434 g/mol. The van der Waals surface area contributed by atoms with Crippen LogP contribution in [-0.4, -0.2) is 4.98 Å². The van der Waals surface area contributed by atoms with Crippen LogP contribution in [0.3, 0.4) is 0 Å². The van der Waals surface area contributed by atoms with Crippen molar-refractivity contribution in [3.05, 3.63) is 100 Å². The Hall–Kier alpha value is -3.82. The Balaban J connectivity index is 1.43. The Labute approximate surface area is 183 Å². The number of rotatable bonds is 7. The van der Waals surface area contributed by atoms with Crippen LogP contribution in [0.1, 0.15) is 16.8 Å². The molecule has 0 saturated heterocycles. The number of halogens is 2. The second-order valence-corrected chi connectivity index (χ2v) is 7.10. The SMILES string of the molecule is N#Cc1nc(-c2ccc(OCc3ccccc3Cl)cc2)oc1NCc1ccc(F)cc1. The van der Waals surface area contributed by atoms with Gasteiger partial charge in [0, 0.05) is 22.7 Å². The van der Waals surface area contributed by atoms with Gasteiger partial charge in [0.05, 0.1) is 0 Å². The number of ether oxygens (including phenoxy) is 1. The molecule has 1 aromatic heterocycles. The molecule has 31 heavy (non-hydrogen) atoms. The van der Waals surface area contributed by atoms with Crippen LogP contribution < -0.4 is 10.1 Å². The lowest BCUT2D eigenvalue weighted by atomic mass is 10.2. The van der Waals surface area contributed by atoms with Crippen molar-refractivity contribution in [2.45, 2.75) is 13.2 Å². The van der Waals surface area contributed by atoms with Crippen molar-refractivity contribution in [3.8, 4) is 23.3 Å². The third-order valence-corrected chi connectivity index (χ3v) is 4.92. The van der Waals surface area contributed by atoms with Gasteiger partial charge in [-0.05, 0) is 48.0 Å². The first kappa shape index (κ1) is 20.5. The summed E-state index contributed by atoms with van der Waals surface area (Å²) in [5.74, 6) is 0.949. The van der Waals surface area contributed by atoms with Crippen LogP contribution in [0, 0.1) is 17.1 Å². The van der Waals surface area contributed by atoms with E-state index in [1.165, 1.54) is 12.1 Å². The number of oxazole rings is 1. The maximum Gasteiger partial charge on any atom is 0.232 e. The van der Waals surface area contributed by atoms with Gasteiger partial charge >= 0.3 is 0 Å². The molecule has 7 heteroatoms. The van der Waals surface area contributed by atoms with Gasteiger partial charge in [-0.1, -0.05) is 41.9 Å². The van der Waals surface area contributed by atoms with E-state index in [-0.39, 0.29) is 17.4 Å². The van der Waals surface area contributed by atoms with Gasteiger partial charge in [-0.15, -0.1) is 0 Å². The molecule has 5 nitrogen and oxygen atoms in total. The Morgan fingerprint density at radius 1 is 1.03 bits per heavy atom. The van der Waals surface area contributed by atoms with E-state index in [2.05, 4.69) is 10.3 Å². The molecule has 0 saturated carbocycles. The fourth-order valence-corrected chi connectivity index (χ4v) is 3.08. The number of benzene rings is 3. The first-order chi connectivity index (χ1) is 15.1. The molecule has 3 aromatic carbocycles. The zero-order valence-electron chi connectivity index (χ0n) is 16.3. The number of anilines is 1. The minimum atomic E-state index is -0.303. The van der Waals surface area contributed by atoms with Crippen molar-refractivity contribution < 1.29 is 13.5 Å². The summed E-state index contributed by atoms with van der Waals surface area (Å²) in [6, 6.07) is 22.8. The highest BCUT2D eigenvalue weighted by Gasteiger charge is 2.14. The second kappa shape index (κ2) is 9.33. The van der Waals surface area contributed by atoms with Crippen LogP contribution in [0.4, 0.5) is 10.3 Å². The second-order valence-electron chi connectivity index (χ2n) is 6.69. The summed E-state index contributed by atoms with van der Waals surface area (Å²) in [6.45, 7) is 0.729.